The molecule has 6 heteroatoms. The second-order valence-corrected chi connectivity index (χ2v) is 8.87. The van der Waals surface area contributed by atoms with E-state index < -0.39 is 12.0 Å². The van der Waals surface area contributed by atoms with E-state index in [-0.39, 0.29) is 19.1 Å². The highest BCUT2D eigenvalue weighted by atomic mass is 19.1. The van der Waals surface area contributed by atoms with Gasteiger partial charge in [0.15, 0.2) is 0 Å². The standard InChI is InChI=1S/C28H31FN2O3/c1-5-17(2)20-6-9-23(10-7-20)31-27(30-25-16-22(29)8-11-24(25)28(31)33)21-14-18(3)26(19(4)15-21)34-13-12-32/h6-11,14-17,27,30,32H,5,12-13H2,1-4H3. The number of aryl methyl sites for hydroxylation is 2. The average Bonchev–Trinajstić information content (AvgIpc) is 2.82. The van der Waals surface area contributed by atoms with Gasteiger partial charge < -0.3 is 15.2 Å². The minimum absolute atomic E-state index is 0.0674. The summed E-state index contributed by atoms with van der Waals surface area (Å²) < 4.78 is 19.7. The van der Waals surface area contributed by atoms with Gasteiger partial charge in [0.1, 0.15) is 24.3 Å². The van der Waals surface area contributed by atoms with Gasteiger partial charge in [0.2, 0.25) is 0 Å². The van der Waals surface area contributed by atoms with Crippen molar-refractivity contribution in [3.8, 4) is 5.75 Å². The molecule has 0 bridgehead atoms. The molecular formula is C28H31FN2O3. The summed E-state index contributed by atoms with van der Waals surface area (Å²) in [5.74, 6) is 0.562. The molecule has 0 spiro atoms. The fourth-order valence-electron chi connectivity index (χ4n) is 4.50. The van der Waals surface area contributed by atoms with Gasteiger partial charge in [0, 0.05) is 5.69 Å². The molecule has 0 aromatic heterocycles. The SMILES string of the molecule is CCC(C)c1ccc(N2C(=O)c3ccc(F)cc3NC2c2cc(C)c(OCCO)c(C)c2)cc1. The van der Waals surface area contributed by atoms with Crippen molar-refractivity contribution >= 4 is 17.3 Å². The second kappa shape index (κ2) is 9.85. The molecule has 1 aliphatic rings. The molecule has 3 aromatic carbocycles. The van der Waals surface area contributed by atoms with E-state index in [1.807, 2.05) is 38.1 Å². The summed E-state index contributed by atoms with van der Waals surface area (Å²) >= 11 is 0. The Bertz CT molecular complexity index is 1170. The second-order valence-electron chi connectivity index (χ2n) is 8.87. The Kier molecular flexibility index (Phi) is 6.89. The Labute approximate surface area is 200 Å². The Balaban J connectivity index is 1.80. The van der Waals surface area contributed by atoms with Crippen molar-refractivity contribution in [3.63, 3.8) is 0 Å². The number of anilines is 2. The molecule has 0 saturated carbocycles. The minimum atomic E-state index is -0.527. The van der Waals surface area contributed by atoms with Crippen LogP contribution in [0.1, 0.15) is 65.0 Å². The fraction of sp³-hybridized carbons (Fsp3) is 0.321. The van der Waals surface area contributed by atoms with Crippen molar-refractivity contribution in [2.75, 3.05) is 23.4 Å². The van der Waals surface area contributed by atoms with E-state index in [1.54, 1.807) is 4.90 Å². The molecule has 4 rings (SSSR count). The molecule has 2 N–H and O–H groups in total. The van der Waals surface area contributed by atoms with Gasteiger partial charge in [-0.15, -0.1) is 0 Å². The van der Waals surface area contributed by atoms with Gasteiger partial charge in [-0.25, -0.2) is 4.39 Å². The number of rotatable bonds is 7. The first-order chi connectivity index (χ1) is 16.3. The molecule has 2 unspecified atom stereocenters. The fourth-order valence-corrected chi connectivity index (χ4v) is 4.50. The van der Waals surface area contributed by atoms with E-state index in [9.17, 15) is 9.18 Å². The van der Waals surface area contributed by atoms with Gasteiger partial charge in [-0.05, 0) is 90.9 Å². The van der Waals surface area contributed by atoms with Crippen LogP contribution >= 0.6 is 0 Å². The molecule has 0 fully saturated rings. The van der Waals surface area contributed by atoms with Crippen molar-refractivity contribution < 1.29 is 19.0 Å². The minimum Gasteiger partial charge on any atom is -0.491 e. The zero-order valence-electron chi connectivity index (χ0n) is 20.1. The monoisotopic (exact) mass is 462 g/mol. The Morgan fingerprint density at radius 1 is 1.09 bits per heavy atom. The molecule has 0 saturated heterocycles. The van der Waals surface area contributed by atoms with Gasteiger partial charge >= 0.3 is 0 Å². The van der Waals surface area contributed by atoms with Crippen molar-refractivity contribution in [1.29, 1.82) is 0 Å². The number of halogens is 1. The number of aliphatic hydroxyl groups excluding tert-OH is 1. The molecule has 0 aliphatic carbocycles. The van der Waals surface area contributed by atoms with Gasteiger partial charge in [-0.1, -0.05) is 26.0 Å². The van der Waals surface area contributed by atoms with Crippen molar-refractivity contribution in [2.45, 2.75) is 46.2 Å². The number of benzene rings is 3. The molecule has 3 aromatic rings. The largest absolute Gasteiger partial charge is 0.491 e. The number of ether oxygens (including phenoxy) is 1. The Hall–Kier alpha value is -3.38. The van der Waals surface area contributed by atoms with Crippen LogP contribution in [-0.4, -0.2) is 24.2 Å². The van der Waals surface area contributed by atoms with Gasteiger partial charge in [-0.3, -0.25) is 9.69 Å². The molecule has 5 nitrogen and oxygen atoms in total. The lowest BCUT2D eigenvalue weighted by atomic mass is 9.96. The van der Waals surface area contributed by atoms with Crippen LogP contribution in [0.15, 0.2) is 54.6 Å². The van der Waals surface area contributed by atoms with Crippen molar-refractivity contribution in [1.82, 2.24) is 0 Å². The van der Waals surface area contributed by atoms with Gasteiger partial charge in [0.05, 0.1) is 17.9 Å². The summed E-state index contributed by atoms with van der Waals surface area (Å²) in [5.41, 5.74) is 5.55. The molecule has 1 aliphatic heterocycles. The summed E-state index contributed by atoms with van der Waals surface area (Å²) in [4.78, 5) is 15.4. The zero-order chi connectivity index (χ0) is 24.4. The van der Waals surface area contributed by atoms with Crippen molar-refractivity contribution in [2.24, 2.45) is 0 Å². The topological polar surface area (TPSA) is 61.8 Å². The van der Waals surface area contributed by atoms with E-state index >= 15 is 0 Å². The first-order valence-electron chi connectivity index (χ1n) is 11.7. The molecular weight excluding hydrogens is 431 g/mol. The third-order valence-electron chi connectivity index (χ3n) is 6.47. The van der Waals surface area contributed by atoms with Gasteiger partial charge in [-0.2, -0.15) is 0 Å². The van der Waals surface area contributed by atoms with E-state index in [0.29, 0.717) is 17.2 Å². The van der Waals surface area contributed by atoms with E-state index in [1.165, 1.54) is 23.8 Å². The van der Waals surface area contributed by atoms with Crippen LogP contribution in [-0.2, 0) is 0 Å². The lowest BCUT2D eigenvalue weighted by Crippen LogP contribution is -2.43. The first-order valence-corrected chi connectivity index (χ1v) is 11.7. The van der Waals surface area contributed by atoms with Gasteiger partial charge in [0.25, 0.3) is 5.91 Å². The lowest BCUT2D eigenvalue weighted by molar-refractivity contribution is 0.0975. The zero-order valence-corrected chi connectivity index (χ0v) is 20.1. The normalized spacial score (nSPS) is 16.1. The van der Waals surface area contributed by atoms with Crippen molar-refractivity contribution in [3.05, 3.63) is 88.2 Å². The summed E-state index contributed by atoms with van der Waals surface area (Å²) in [6.45, 7) is 8.35. The number of hydrogen-bond donors (Lipinski definition) is 2. The smallest absolute Gasteiger partial charge is 0.262 e. The number of nitrogens with one attached hydrogen (secondary N) is 1. The first kappa shape index (κ1) is 23.8. The van der Waals surface area contributed by atoms with Crippen LogP contribution < -0.4 is 15.0 Å². The maximum atomic E-state index is 14.0. The highest BCUT2D eigenvalue weighted by Gasteiger charge is 2.35. The number of aliphatic hydroxyl groups is 1. The summed E-state index contributed by atoms with van der Waals surface area (Å²) in [7, 11) is 0. The van der Waals surface area contributed by atoms with E-state index in [4.69, 9.17) is 9.84 Å². The molecule has 2 atom stereocenters. The third kappa shape index (κ3) is 4.50. The Morgan fingerprint density at radius 3 is 2.38 bits per heavy atom. The average molecular weight is 463 g/mol. The summed E-state index contributed by atoms with van der Waals surface area (Å²) in [6, 6.07) is 16.2. The highest BCUT2D eigenvalue weighted by Crippen LogP contribution is 2.39. The molecule has 1 heterocycles. The summed E-state index contributed by atoms with van der Waals surface area (Å²) in [6.07, 6.45) is 0.509. The van der Waals surface area contributed by atoms with Crippen LogP contribution in [0.3, 0.4) is 0 Å². The number of nitrogens with zero attached hydrogens (tertiary/aromatic N) is 1. The van der Waals surface area contributed by atoms with Crippen LogP contribution in [0.25, 0.3) is 0 Å². The number of hydrogen-bond acceptors (Lipinski definition) is 4. The lowest BCUT2D eigenvalue weighted by Gasteiger charge is -2.38. The number of fused-ring (bicyclic) bond motifs is 1. The highest BCUT2D eigenvalue weighted by molar-refractivity contribution is 6.12. The molecule has 178 valence electrons. The summed E-state index contributed by atoms with van der Waals surface area (Å²) in [5, 5.41) is 12.5. The van der Waals surface area contributed by atoms with Crippen LogP contribution in [0.5, 0.6) is 5.75 Å². The van der Waals surface area contributed by atoms with E-state index in [2.05, 4.69) is 31.3 Å². The molecule has 1 amide bonds. The maximum Gasteiger partial charge on any atom is 0.262 e. The van der Waals surface area contributed by atoms with E-state index in [0.717, 1.165) is 34.5 Å². The Morgan fingerprint density at radius 2 is 1.76 bits per heavy atom. The van der Waals surface area contributed by atoms with Crippen LogP contribution in [0.2, 0.25) is 0 Å². The third-order valence-corrected chi connectivity index (χ3v) is 6.47. The van der Waals surface area contributed by atoms with Crippen LogP contribution in [0, 0.1) is 19.7 Å². The predicted molar refractivity (Wildman–Crippen MR) is 133 cm³/mol. The quantitative estimate of drug-likeness (QED) is 0.446. The number of amides is 1. The predicted octanol–water partition coefficient (Wildman–Crippen LogP) is 6.10. The number of carbonyl (C=O) groups is 1. The number of carbonyl (C=O) groups excluding carboxylic acids is 1. The molecule has 0 radical (unpaired) electrons. The molecule has 34 heavy (non-hydrogen) atoms. The van der Waals surface area contributed by atoms with Crippen LogP contribution in [0.4, 0.5) is 15.8 Å². The maximum absolute atomic E-state index is 14.0.